The van der Waals surface area contributed by atoms with Crippen molar-refractivity contribution in [3.8, 4) is 0 Å². The van der Waals surface area contributed by atoms with E-state index in [0.717, 1.165) is 42.6 Å². The fourth-order valence-corrected chi connectivity index (χ4v) is 7.84. The number of hydrogen-bond donors (Lipinski definition) is 0. The summed E-state index contributed by atoms with van der Waals surface area (Å²) in [5.74, 6) is 3.74. The lowest BCUT2D eigenvalue weighted by atomic mass is 9.76. The van der Waals surface area contributed by atoms with Crippen LogP contribution in [-0.2, 0) is 0 Å². The van der Waals surface area contributed by atoms with E-state index in [1.807, 2.05) is 6.07 Å². The van der Waals surface area contributed by atoms with Gasteiger partial charge in [-0.2, -0.15) is 0 Å². The standard InChI is InChI=1S/C37H51F/c1-3-5-6-7-28-10-14-33(15-11-28)35-24-25-36(37(38)26-35)34-22-20-32(21-23-34)31-18-16-30(17-19-31)29-12-8-27(4-2)9-13-29/h16-19,22,24-29,32-33H,3-15,20-21,23H2,1-2H3. The zero-order valence-corrected chi connectivity index (χ0v) is 24.2. The SMILES string of the molecule is CCCCCC1CCC(c2ccc(C3=CCC(c4ccc(C5CCC(CC)CC5)cc4)CC3)c(F)c2)CC1. The molecule has 1 heteroatoms. The van der Waals surface area contributed by atoms with Gasteiger partial charge in [0.2, 0.25) is 0 Å². The first-order valence-electron chi connectivity index (χ1n) is 16.2. The Balaban J connectivity index is 1.14. The fourth-order valence-electron chi connectivity index (χ4n) is 7.84. The van der Waals surface area contributed by atoms with Crippen LogP contribution < -0.4 is 0 Å². The minimum atomic E-state index is -0.000541. The molecule has 1 atom stereocenters. The molecular weight excluding hydrogens is 463 g/mol. The molecule has 2 aromatic carbocycles. The van der Waals surface area contributed by atoms with Crippen molar-refractivity contribution in [3.05, 3.63) is 76.6 Å². The van der Waals surface area contributed by atoms with E-state index in [1.54, 1.807) is 5.56 Å². The predicted octanol–water partition coefficient (Wildman–Crippen LogP) is 11.7. The summed E-state index contributed by atoms with van der Waals surface area (Å²) in [7, 11) is 0. The lowest BCUT2D eigenvalue weighted by molar-refractivity contribution is 0.302. The molecule has 2 aromatic rings. The molecule has 0 nitrogen and oxygen atoms in total. The summed E-state index contributed by atoms with van der Waals surface area (Å²) in [5, 5.41) is 0. The first kappa shape index (κ1) is 27.7. The zero-order valence-electron chi connectivity index (χ0n) is 24.2. The van der Waals surface area contributed by atoms with Crippen molar-refractivity contribution in [2.75, 3.05) is 0 Å². The van der Waals surface area contributed by atoms with Gasteiger partial charge in [-0.3, -0.25) is 0 Å². The summed E-state index contributed by atoms with van der Waals surface area (Å²) < 4.78 is 15.3. The average Bonchev–Trinajstić information content (AvgIpc) is 2.98. The van der Waals surface area contributed by atoms with Crippen LogP contribution in [0.3, 0.4) is 0 Å². The van der Waals surface area contributed by atoms with Gasteiger partial charge in [0.15, 0.2) is 0 Å². The highest BCUT2D eigenvalue weighted by Crippen LogP contribution is 2.41. The van der Waals surface area contributed by atoms with Gasteiger partial charge < -0.3 is 0 Å². The Hall–Kier alpha value is -1.89. The van der Waals surface area contributed by atoms with Crippen molar-refractivity contribution < 1.29 is 4.39 Å². The Bertz CT molecular complexity index is 1030. The highest BCUT2D eigenvalue weighted by molar-refractivity contribution is 5.67. The maximum atomic E-state index is 15.3. The topological polar surface area (TPSA) is 0 Å². The molecule has 2 fully saturated rings. The Morgan fingerprint density at radius 3 is 1.84 bits per heavy atom. The third kappa shape index (κ3) is 6.81. The van der Waals surface area contributed by atoms with E-state index in [-0.39, 0.29) is 5.82 Å². The lowest BCUT2D eigenvalue weighted by Gasteiger charge is -2.29. The maximum Gasteiger partial charge on any atom is 0.130 e. The van der Waals surface area contributed by atoms with Gasteiger partial charge in [0.1, 0.15) is 5.82 Å². The van der Waals surface area contributed by atoms with Crippen LogP contribution >= 0.6 is 0 Å². The van der Waals surface area contributed by atoms with Crippen LogP contribution in [-0.4, -0.2) is 0 Å². The Labute approximate surface area is 232 Å². The van der Waals surface area contributed by atoms with E-state index in [2.05, 4.69) is 56.3 Å². The van der Waals surface area contributed by atoms with E-state index >= 15 is 4.39 Å². The van der Waals surface area contributed by atoms with Crippen molar-refractivity contribution in [2.45, 2.75) is 134 Å². The monoisotopic (exact) mass is 514 g/mol. The number of unbranched alkanes of at least 4 members (excludes halogenated alkanes) is 2. The summed E-state index contributed by atoms with van der Waals surface area (Å²) in [4.78, 5) is 0. The molecule has 3 aliphatic carbocycles. The molecule has 0 spiro atoms. The summed E-state index contributed by atoms with van der Waals surface area (Å²) >= 11 is 0. The van der Waals surface area contributed by atoms with E-state index < -0.39 is 0 Å². The second kappa shape index (κ2) is 13.5. The molecule has 0 heterocycles. The molecule has 206 valence electrons. The first-order valence-corrected chi connectivity index (χ1v) is 16.2. The quantitative estimate of drug-likeness (QED) is 0.292. The van der Waals surface area contributed by atoms with Gasteiger partial charge in [-0.25, -0.2) is 4.39 Å². The highest BCUT2D eigenvalue weighted by atomic mass is 19.1. The van der Waals surface area contributed by atoms with Gasteiger partial charge in [-0.15, -0.1) is 0 Å². The molecule has 1 unspecified atom stereocenters. The van der Waals surface area contributed by atoms with Crippen molar-refractivity contribution in [1.29, 1.82) is 0 Å². The third-order valence-corrected chi connectivity index (χ3v) is 10.6. The summed E-state index contributed by atoms with van der Waals surface area (Å²) in [6.07, 6.45) is 22.9. The predicted molar refractivity (Wildman–Crippen MR) is 161 cm³/mol. The Morgan fingerprint density at radius 1 is 0.658 bits per heavy atom. The number of benzene rings is 2. The second-order valence-corrected chi connectivity index (χ2v) is 12.9. The molecule has 2 saturated carbocycles. The smallest absolute Gasteiger partial charge is 0.130 e. The molecule has 38 heavy (non-hydrogen) atoms. The van der Waals surface area contributed by atoms with Crippen LogP contribution in [0.25, 0.3) is 5.57 Å². The number of hydrogen-bond acceptors (Lipinski definition) is 0. The van der Waals surface area contributed by atoms with Crippen LogP contribution in [0.1, 0.15) is 157 Å². The van der Waals surface area contributed by atoms with Crippen molar-refractivity contribution in [3.63, 3.8) is 0 Å². The van der Waals surface area contributed by atoms with Gasteiger partial charge in [0, 0.05) is 5.56 Å². The molecule has 0 N–H and O–H groups in total. The van der Waals surface area contributed by atoms with E-state index in [4.69, 9.17) is 0 Å². The van der Waals surface area contributed by atoms with Crippen LogP contribution in [0.4, 0.5) is 4.39 Å². The summed E-state index contributed by atoms with van der Waals surface area (Å²) in [6, 6.07) is 15.8. The molecule has 0 amide bonds. The van der Waals surface area contributed by atoms with Gasteiger partial charge in [-0.1, -0.05) is 88.4 Å². The molecule has 3 aliphatic rings. The molecular formula is C37H51F. The van der Waals surface area contributed by atoms with Crippen LogP contribution in [0.15, 0.2) is 48.5 Å². The Morgan fingerprint density at radius 2 is 1.26 bits per heavy atom. The first-order chi connectivity index (χ1) is 18.6. The largest absolute Gasteiger partial charge is 0.206 e. The number of halogens is 1. The number of allylic oxidation sites excluding steroid dienone is 2. The lowest BCUT2D eigenvalue weighted by Crippen LogP contribution is -2.14. The van der Waals surface area contributed by atoms with Crippen molar-refractivity contribution in [1.82, 2.24) is 0 Å². The second-order valence-electron chi connectivity index (χ2n) is 12.9. The van der Waals surface area contributed by atoms with Crippen molar-refractivity contribution in [2.24, 2.45) is 11.8 Å². The minimum Gasteiger partial charge on any atom is -0.206 e. The van der Waals surface area contributed by atoms with Crippen LogP contribution in [0.5, 0.6) is 0 Å². The van der Waals surface area contributed by atoms with E-state index in [9.17, 15) is 0 Å². The summed E-state index contributed by atoms with van der Waals surface area (Å²) in [5.41, 5.74) is 6.30. The normalized spacial score (nSPS) is 28.2. The van der Waals surface area contributed by atoms with E-state index in [1.165, 1.54) is 100 Å². The van der Waals surface area contributed by atoms with Gasteiger partial charge >= 0.3 is 0 Å². The molecule has 0 radical (unpaired) electrons. The molecule has 0 saturated heterocycles. The Kier molecular flexibility index (Phi) is 9.79. The molecule has 0 aliphatic heterocycles. The van der Waals surface area contributed by atoms with E-state index in [0.29, 0.717) is 11.8 Å². The van der Waals surface area contributed by atoms with Gasteiger partial charge in [0.05, 0.1) is 0 Å². The number of rotatable bonds is 9. The van der Waals surface area contributed by atoms with Gasteiger partial charge in [0.25, 0.3) is 0 Å². The molecule has 0 aromatic heterocycles. The molecule has 5 rings (SSSR count). The van der Waals surface area contributed by atoms with Gasteiger partial charge in [-0.05, 0) is 129 Å². The highest BCUT2D eigenvalue weighted by Gasteiger charge is 2.25. The van der Waals surface area contributed by atoms with Crippen LogP contribution in [0, 0.1) is 17.7 Å². The fraction of sp³-hybridized carbons (Fsp3) is 0.622. The maximum absolute atomic E-state index is 15.3. The summed E-state index contributed by atoms with van der Waals surface area (Å²) in [6.45, 7) is 4.63. The van der Waals surface area contributed by atoms with Crippen LogP contribution in [0.2, 0.25) is 0 Å². The average molecular weight is 515 g/mol. The minimum absolute atomic E-state index is 0.000541. The van der Waals surface area contributed by atoms with Crippen molar-refractivity contribution >= 4 is 5.57 Å². The third-order valence-electron chi connectivity index (χ3n) is 10.6. The zero-order chi connectivity index (χ0) is 26.3. The molecule has 0 bridgehead atoms.